The van der Waals surface area contributed by atoms with E-state index < -0.39 is 17.9 Å². The van der Waals surface area contributed by atoms with Gasteiger partial charge in [0.1, 0.15) is 0 Å². The van der Waals surface area contributed by atoms with Crippen molar-refractivity contribution in [1.82, 2.24) is 15.6 Å². The van der Waals surface area contributed by atoms with Crippen LogP contribution in [-0.4, -0.2) is 28.9 Å². The first-order valence-electron chi connectivity index (χ1n) is 7.21. The maximum Gasteiger partial charge on any atom is 0.321 e. The van der Waals surface area contributed by atoms with E-state index in [1.165, 1.54) is 0 Å². The predicted molar refractivity (Wildman–Crippen MR) is 87.2 cm³/mol. The zero-order chi connectivity index (χ0) is 16.6. The number of nitrogens with one attached hydrogen (secondary N) is 3. The second-order valence-corrected chi connectivity index (χ2v) is 6.76. The van der Waals surface area contributed by atoms with Crippen molar-refractivity contribution in [2.45, 2.75) is 26.3 Å². The van der Waals surface area contributed by atoms with Crippen LogP contribution >= 0.6 is 11.3 Å². The van der Waals surface area contributed by atoms with Crippen molar-refractivity contribution < 1.29 is 14.4 Å². The molecule has 2 heterocycles. The molecule has 1 aliphatic heterocycles. The molecule has 4 amide bonds. The van der Waals surface area contributed by atoms with Gasteiger partial charge in [0.05, 0.1) is 21.1 Å². The Morgan fingerprint density at radius 3 is 2.91 bits per heavy atom. The average molecular weight is 332 g/mol. The van der Waals surface area contributed by atoms with Gasteiger partial charge in [-0.05, 0) is 32.0 Å². The molecule has 1 aromatic carbocycles. The van der Waals surface area contributed by atoms with E-state index >= 15 is 0 Å². The molecular formula is C15H16N4O3S. The molecule has 23 heavy (non-hydrogen) atoms. The molecule has 0 bridgehead atoms. The SMILES string of the molecule is Cc1nc2cc(NC(=O)CC3C(=O)NC(=O)NC3C)ccc2s1. The third-order valence-corrected chi connectivity index (χ3v) is 4.67. The number of fused-ring (bicyclic) bond motifs is 1. The topological polar surface area (TPSA) is 100 Å². The van der Waals surface area contributed by atoms with Gasteiger partial charge in [0, 0.05) is 18.2 Å². The minimum Gasteiger partial charge on any atom is -0.335 e. The standard InChI is InChI=1S/C15H16N4O3S/c1-7-10(14(21)19-15(22)16-7)6-13(20)18-9-3-4-12-11(5-9)17-8(2)23-12/h3-5,7,10H,6H2,1-2H3,(H,18,20)(H2,16,19,21,22). The van der Waals surface area contributed by atoms with Gasteiger partial charge < -0.3 is 10.6 Å². The molecule has 1 aromatic heterocycles. The smallest absolute Gasteiger partial charge is 0.321 e. The Morgan fingerprint density at radius 2 is 2.17 bits per heavy atom. The molecule has 0 spiro atoms. The van der Waals surface area contributed by atoms with Crippen LogP contribution in [0.4, 0.5) is 10.5 Å². The number of benzene rings is 1. The van der Waals surface area contributed by atoms with Crippen LogP contribution in [0.15, 0.2) is 18.2 Å². The van der Waals surface area contributed by atoms with Gasteiger partial charge >= 0.3 is 6.03 Å². The molecule has 8 heteroatoms. The van der Waals surface area contributed by atoms with Gasteiger partial charge in [-0.1, -0.05) is 0 Å². The lowest BCUT2D eigenvalue weighted by atomic mass is 9.94. The largest absolute Gasteiger partial charge is 0.335 e. The van der Waals surface area contributed by atoms with E-state index in [1.54, 1.807) is 18.3 Å². The summed E-state index contributed by atoms with van der Waals surface area (Å²) in [7, 11) is 0. The summed E-state index contributed by atoms with van der Waals surface area (Å²) in [6, 6.07) is 4.62. The minimum atomic E-state index is -0.585. The summed E-state index contributed by atoms with van der Waals surface area (Å²) in [6.07, 6.45) is 0.00140. The predicted octanol–water partition coefficient (Wildman–Crippen LogP) is 1.78. The highest BCUT2D eigenvalue weighted by atomic mass is 32.1. The normalized spacial score (nSPS) is 21.0. The molecule has 2 aromatic rings. The van der Waals surface area contributed by atoms with E-state index in [0.29, 0.717) is 5.69 Å². The van der Waals surface area contributed by atoms with Crippen LogP contribution in [0, 0.1) is 12.8 Å². The van der Waals surface area contributed by atoms with Crippen LogP contribution in [0.5, 0.6) is 0 Å². The highest BCUT2D eigenvalue weighted by Gasteiger charge is 2.34. The molecule has 0 radical (unpaired) electrons. The molecule has 0 aliphatic carbocycles. The summed E-state index contributed by atoms with van der Waals surface area (Å²) in [6.45, 7) is 3.64. The maximum absolute atomic E-state index is 12.2. The fraction of sp³-hybridized carbons (Fsp3) is 0.333. The van der Waals surface area contributed by atoms with Gasteiger partial charge in [0.25, 0.3) is 0 Å². The number of hydrogen-bond acceptors (Lipinski definition) is 5. The van der Waals surface area contributed by atoms with Gasteiger partial charge in [-0.25, -0.2) is 9.78 Å². The highest BCUT2D eigenvalue weighted by molar-refractivity contribution is 7.18. The Kier molecular flexibility index (Phi) is 3.99. The number of aryl methyl sites for hydroxylation is 1. The summed E-state index contributed by atoms with van der Waals surface area (Å²) in [4.78, 5) is 39.6. The summed E-state index contributed by atoms with van der Waals surface area (Å²) in [5, 5.41) is 8.52. The van der Waals surface area contributed by atoms with Gasteiger partial charge in [-0.15, -0.1) is 11.3 Å². The second-order valence-electron chi connectivity index (χ2n) is 5.53. The average Bonchev–Trinajstić information content (AvgIpc) is 2.82. The van der Waals surface area contributed by atoms with Crippen molar-refractivity contribution in [3.05, 3.63) is 23.2 Å². The van der Waals surface area contributed by atoms with E-state index in [9.17, 15) is 14.4 Å². The van der Waals surface area contributed by atoms with Crippen molar-refractivity contribution >= 4 is 45.1 Å². The van der Waals surface area contributed by atoms with Gasteiger partial charge in [0.15, 0.2) is 0 Å². The third kappa shape index (κ3) is 3.31. The fourth-order valence-corrected chi connectivity index (χ4v) is 3.38. The molecule has 3 rings (SSSR count). The van der Waals surface area contributed by atoms with Crippen LogP contribution in [0.2, 0.25) is 0 Å². The van der Waals surface area contributed by atoms with E-state index in [1.807, 2.05) is 25.1 Å². The van der Waals surface area contributed by atoms with Crippen molar-refractivity contribution in [2.24, 2.45) is 5.92 Å². The van der Waals surface area contributed by atoms with E-state index in [0.717, 1.165) is 15.2 Å². The van der Waals surface area contributed by atoms with Crippen molar-refractivity contribution in [2.75, 3.05) is 5.32 Å². The number of carbonyl (C=O) groups is 3. The second kappa shape index (κ2) is 5.96. The number of urea groups is 1. The quantitative estimate of drug-likeness (QED) is 0.797. The van der Waals surface area contributed by atoms with Crippen molar-refractivity contribution in [1.29, 1.82) is 0 Å². The number of anilines is 1. The molecule has 2 unspecified atom stereocenters. The summed E-state index contributed by atoms with van der Waals surface area (Å²) in [5.74, 6) is -1.29. The number of thiazole rings is 1. The Morgan fingerprint density at radius 1 is 1.39 bits per heavy atom. The number of rotatable bonds is 3. The molecule has 0 saturated carbocycles. The van der Waals surface area contributed by atoms with Crippen LogP contribution in [-0.2, 0) is 9.59 Å². The molecule has 1 aliphatic rings. The summed E-state index contributed by atoms with van der Waals surface area (Å²) < 4.78 is 1.06. The Hall–Kier alpha value is -2.48. The molecular weight excluding hydrogens is 316 g/mol. The lowest BCUT2D eigenvalue weighted by Crippen LogP contribution is -2.57. The van der Waals surface area contributed by atoms with E-state index in [-0.39, 0.29) is 18.4 Å². The maximum atomic E-state index is 12.2. The lowest BCUT2D eigenvalue weighted by molar-refractivity contribution is -0.129. The number of aromatic nitrogens is 1. The van der Waals surface area contributed by atoms with E-state index in [2.05, 4.69) is 20.9 Å². The lowest BCUT2D eigenvalue weighted by Gasteiger charge is -2.28. The number of imide groups is 1. The van der Waals surface area contributed by atoms with Gasteiger partial charge in [0.2, 0.25) is 11.8 Å². The van der Waals surface area contributed by atoms with Crippen LogP contribution < -0.4 is 16.0 Å². The first-order chi connectivity index (χ1) is 10.9. The van der Waals surface area contributed by atoms with Gasteiger partial charge in [-0.3, -0.25) is 14.9 Å². The number of nitrogens with zero attached hydrogens (tertiary/aromatic N) is 1. The first kappa shape index (κ1) is 15.4. The zero-order valence-corrected chi connectivity index (χ0v) is 13.5. The molecule has 2 atom stereocenters. The van der Waals surface area contributed by atoms with Crippen molar-refractivity contribution in [3.8, 4) is 0 Å². The Labute approximate surface area is 136 Å². The van der Waals surface area contributed by atoms with E-state index in [4.69, 9.17) is 0 Å². The zero-order valence-electron chi connectivity index (χ0n) is 12.7. The first-order valence-corrected chi connectivity index (χ1v) is 8.02. The number of carbonyl (C=O) groups excluding carboxylic acids is 3. The number of hydrogen-bond donors (Lipinski definition) is 3. The summed E-state index contributed by atoms with van der Waals surface area (Å²) >= 11 is 1.59. The third-order valence-electron chi connectivity index (χ3n) is 3.72. The molecule has 3 N–H and O–H groups in total. The molecule has 7 nitrogen and oxygen atoms in total. The molecule has 120 valence electrons. The van der Waals surface area contributed by atoms with Crippen LogP contribution in [0.3, 0.4) is 0 Å². The van der Waals surface area contributed by atoms with Gasteiger partial charge in [-0.2, -0.15) is 0 Å². The molecule has 1 fully saturated rings. The van der Waals surface area contributed by atoms with Crippen molar-refractivity contribution in [3.63, 3.8) is 0 Å². The highest BCUT2D eigenvalue weighted by Crippen LogP contribution is 2.24. The minimum absolute atomic E-state index is 0.00140. The summed E-state index contributed by atoms with van der Waals surface area (Å²) in [5.41, 5.74) is 1.47. The monoisotopic (exact) mass is 332 g/mol. The molecule has 1 saturated heterocycles. The Balaban J connectivity index is 1.68. The Bertz CT molecular complexity index is 801. The number of amides is 4. The van der Waals surface area contributed by atoms with Crippen LogP contribution in [0.25, 0.3) is 10.2 Å². The fourth-order valence-electron chi connectivity index (χ4n) is 2.58. The van der Waals surface area contributed by atoms with Crippen LogP contribution in [0.1, 0.15) is 18.4 Å².